The zero-order chi connectivity index (χ0) is 16.5. The van der Waals surface area contributed by atoms with Crippen LogP contribution in [-0.2, 0) is 5.75 Å². The highest BCUT2D eigenvalue weighted by atomic mass is 79.9. The maximum Gasteiger partial charge on any atom is 0.170 e. The van der Waals surface area contributed by atoms with Gasteiger partial charge in [0.25, 0.3) is 0 Å². The first-order valence-corrected chi connectivity index (χ1v) is 9.93. The van der Waals surface area contributed by atoms with Gasteiger partial charge in [-0.15, -0.1) is 0 Å². The molecule has 0 aliphatic heterocycles. The number of thiocarbonyl (C=S) groups is 1. The number of anilines is 1. The fourth-order valence-corrected chi connectivity index (χ4v) is 3.47. The van der Waals surface area contributed by atoms with Crippen molar-refractivity contribution in [3.05, 3.63) is 64.1 Å². The van der Waals surface area contributed by atoms with Crippen molar-refractivity contribution in [2.75, 3.05) is 17.6 Å². The van der Waals surface area contributed by atoms with E-state index in [2.05, 4.69) is 57.8 Å². The lowest BCUT2D eigenvalue weighted by atomic mass is 10.2. The van der Waals surface area contributed by atoms with Gasteiger partial charge in [-0.3, -0.25) is 0 Å². The highest BCUT2D eigenvalue weighted by Gasteiger charge is 1.98. The summed E-state index contributed by atoms with van der Waals surface area (Å²) in [7, 11) is 0. The molecule has 0 unspecified atom stereocenters. The molecule has 5 heteroatoms. The quantitative estimate of drug-likeness (QED) is 0.475. The van der Waals surface area contributed by atoms with Gasteiger partial charge in [-0.1, -0.05) is 45.8 Å². The van der Waals surface area contributed by atoms with Gasteiger partial charge in [0.05, 0.1) is 0 Å². The van der Waals surface area contributed by atoms with Crippen LogP contribution >= 0.6 is 39.9 Å². The predicted octanol–water partition coefficient (Wildman–Crippen LogP) is 5.37. The van der Waals surface area contributed by atoms with Gasteiger partial charge in [-0.25, -0.2) is 0 Å². The average molecular weight is 409 g/mol. The number of nitrogens with one attached hydrogen (secondary N) is 2. The van der Waals surface area contributed by atoms with E-state index in [0.29, 0.717) is 5.11 Å². The first kappa shape index (κ1) is 18.3. The van der Waals surface area contributed by atoms with Crippen LogP contribution in [0.3, 0.4) is 0 Å². The van der Waals surface area contributed by atoms with Crippen LogP contribution in [0.5, 0.6) is 0 Å². The monoisotopic (exact) mass is 408 g/mol. The minimum absolute atomic E-state index is 0.677. The Morgan fingerprint density at radius 1 is 1.17 bits per heavy atom. The standard InChI is InChI=1S/C18H21BrN2S2/c1-14-4-2-5-15(12-14)13-23-11-3-10-20-18(22)21-17-8-6-16(19)7-9-17/h2,4-9,12H,3,10-11,13H2,1H3,(H2,20,21,22). The second-order valence-electron chi connectivity index (χ2n) is 5.28. The summed E-state index contributed by atoms with van der Waals surface area (Å²) in [4.78, 5) is 0. The summed E-state index contributed by atoms with van der Waals surface area (Å²) in [6, 6.07) is 16.7. The lowest BCUT2D eigenvalue weighted by Gasteiger charge is -2.10. The normalized spacial score (nSPS) is 10.3. The fraction of sp³-hybridized carbons (Fsp3) is 0.278. The highest BCUT2D eigenvalue weighted by Crippen LogP contribution is 2.15. The van der Waals surface area contributed by atoms with Crippen molar-refractivity contribution in [2.45, 2.75) is 19.1 Å². The molecule has 2 aromatic rings. The van der Waals surface area contributed by atoms with Gasteiger partial charge >= 0.3 is 0 Å². The second kappa shape index (κ2) is 9.96. The van der Waals surface area contributed by atoms with Crippen LogP contribution in [0.15, 0.2) is 53.0 Å². The number of rotatable bonds is 7. The van der Waals surface area contributed by atoms with Crippen molar-refractivity contribution in [1.82, 2.24) is 5.32 Å². The smallest absolute Gasteiger partial charge is 0.170 e. The summed E-state index contributed by atoms with van der Waals surface area (Å²) in [6.07, 6.45) is 1.10. The summed E-state index contributed by atoms with van der Waals surface area (Å²) >= 11 is 10.7. The minimum atomic E-state index is 0.677. The van der Waals surface area contributed by atoms with E-state index < -0.39 is 0 Å². The number of aryl methyl sites for hydroxylation is 1. The molecule has 0 amide bonds. The lowest BCUT2D eigenvalue weighted by molar-refractivity contribution is 0.854. The van der Waals surface area contributed by atoms with Crippen LogP contribution < -0.4 is 10.6 Å². The summed E-state index contributed by atoms with van der Waals surface area (Å²) in [5, 5.41) is 7.11. The third-order valence-corrected chi connectivity index (χ3v) is 5.09. The van der Waals surface area contributed by atoms with Crippen molar-refractivity contribution in [3.8, 4) is 0 Å². The molecule has 0 saturated heterocycles. The molecule has 23 heavy (non-hydrogen) atoms. The number of hydrogen-bond acceptors (Lipinski definition) is 2. The van der Waals surface area contributed by atoms with Crippen LogP contribution in [-0.4, -0.2) is 17.4 Å². The molecule has 2 nitrogen and oxygen atoms in total. The van der Waals surface area contributed by atoms with Crippen molar-refractivity contribution in [2.24, 2.45) is 0 Å². The van der Waals surface area contributed by atoms with E-state index in [0.717, 1.165) is 34.6 Å². The summed E-state index contributed by atoms with van der Waals surface area (Å²) in [6.45, 7) is 3.03. The Bertz CT molecular complexity index is 629. The largest absolute Gasteiger partial charge is 0.362 e. The predicted molar refractivity (Wildman–Crippen MR) is 110 cm³/mol. The van der Waals surface area contributed by atoms with E-state index in [1.165, 1.54) is 11.1 Å². The summed E-state index contributed by atoms with van der Waals surface area (Å²) in [5.74, 6) is 2.20. The Kier molecular flexibility index (Phi) is 7.92. The third kappa shape index (κ3) is 7.38. The fourth-order valence-electron chi connectivity index (χ4n) is 2.08. The summed E-state index contributed by atoms with van der Waals surface area (Å²) < 4.78 is 1.06. The molecule has 0 atom stereocenters. The number of hydrogen-bond donors (Lipinski definition) is 2. The minimum Gasteiger partial charge on any atom is -0.362 e. The number of thioether (sulfide) groups is 1. The third-order valence-electron chi connectivity index (χ3n) is 3.20. The van der Waals surface area contributed by atoms with Crippen molar-refractivity contribution in [3.63, 3.8) is 0 Å². The topological polar surface area (TPSA) is 24.1 Å². The zero-order valence-electron chi connectivity index (χ0n) is 13.1. The van der Waals surface area contributed by atoms with Crippen molar-refractivity contribution in [1.29, 1.82) is 0 Å². The Balaban J connectivity index is 1.56. The van der Waals surface area contributed by atoms with Crippen molar-refractivity contribution >= 4 is 50.7 Å². The van der Waals surface area contributed by atoms with Crippen LogP contribution in [0.1, 0.15) is 17.5 Å². The van der Waals surface area contributed by atoms with Gasteiger partial charge in [-0.05, 0) is 61.1 Å². The molecule has 0 heterocycles. The van der Waals surface area contributed by atoms with Gasteiger partial charge in [0.1, 0.15) is 0 Å². The second-order valence-corrected chi connectivity index (χ2v) is 7.71. The van der Waals surface area contributed by atoms with E-state index in [-0.39, 0.29) is 0 Å². The molecule has 0 spiro atoms. The van der Waals surface area contributed by atoms with Crippen LogP contribution in [0, 0.1) is 6.92 Å². The number of halogens is 1. The van der Waals surface area contributed by atoms with Gasteiger partial charge in [0.2, 0.25) is 0 Å². The SMILES string of the molecule is Cc1cccc(CSCCCNC(=S)Nc2ccc(Br)cc2)c1. The molecule has 0 bridgehead atoms. The van der Waals surface area contributed by atoms with E-state index >= 15 is 0 Å². The molecular weight excluding hydrogens is 388 g/mol. The summed E-state index contributed by atoms with van der Waals surface area (Å²) in [5.41, 5.74) is 3.73. The molecule has 0 aliphatic rings. The van der Waals surface area contributed by atoms with E-state index in [4.69, 9.17) is 12.2 Å². The molecule has 122 valence electrons. The van der Waals surface area contributed by atoms with Crippen molar-refractivity contribution < 1.29 is 0 Å². The van der Waals surface area contributed by atoms with Gasteiger partial charge in [-0.2, -0.15) is 11.8 Å². The molecule has 2 rings (SSSR count). The van der Waals surface area contributed by atoms with E-state index in [9.17, 15) is 0 Å². The number of benzene rings is 2. The lowest BCUT2D eigenvalue weighted by Crippen LogP contribution is -2.29. The van der Waals surface area contributed by atoms with E-state index in [1.54, 1.807) is 0 Å². The molecule has 0 saturated carbocycles. The first-order valence-electron chi connectivity index (χ1n) is 7.57. The molecule has 2 aromatic carbocycles. The Labute approximate surface area is 156 Å². The molecule has 0 aliphatic carbocycles. The molecule has 0 aromatic heterocycles. The Hall–Kier alpha value is -1.04. The van der Waals surface area contributed by atoms with Gasteiger partial charge in [0.15, 0.2) is 5.11 Å². The first-order chi connectivity index (χ1) is 11.1. The molecule has 0 fully saturated rings. The van der Waals surface area contributed by atoms with Crippen LogP contribution in [0.2, 0.25) is 0 Å². The van der Waals surface area contributed by atoms with E-state index in [1.807, 2.05) is 36.0 Å². The zero-order valence-corrected chi connectivity index (χ0v) is 16.4. The van der Waals surface area contributed by atoms with Gasteiger partial charge < -0.3 is 10.6 Å². The van der Waals surface area contributed by atoms with Crippen LogP contribution in [0.25, 0.3) is 0 Å². The Morgan fingerprint density at radius 3 is 2.70 bits per heavy atom. The van der Waals surface area contributed by atoms with Crippen LogP contribution in [0.4, 0.5) is 5.69 Å². The highest BCUT2D eigenvalue weighted by molar-refractivity contribution is 9.10. The molecular formula is C18H21BrN2S2. The Morgan fingerprint density at radius 2 is 1.96 bits per heavy atom. The molecule has 2 N–H and O–H groups in total. The maximum atomic E-state index is 5.30. The molecule has 0 radical (unpaired) electrons. The maximum absolute atomic E-state index is 5.30. The van der Waals surface area contributed by atoms with Gasteiger partial charge in [0, 0.05) is 22.5 Å². The average Bonchev–Trinajstić information content (AvgIpc) is 2.53.